The van der Waals surface area contributed by atoms with Crippen molar-refractivity contribution in [2.45, 2.75) is 59.0 Å². The standard InChI is InChI=1S/C15H30N2OS/c1-10(2)13-7-6-11(3)8-14(13)17-15(19)16-12(4)9-18-5/h10-14H,6-9H2,1-5H3,(H2,16,17,19)/t11-,12?,13+,14+/m1/s1. The Labute approximate surface area is 123 Å². The number of hydrogen-bond acceptors (Lipinski definition) is 2. The zero-order valence-electron chi connectivity index (χ0n) is 13.0. The third kappa shape index (κ3) is 5.65. The second-order valence-corrected chi connectivity index (χ2v) is 6.82. The van der Waals surface area contributed by atoms with Gasteiger partial charge >= 0.3 is 0 Å². The molecule has 1 aliphatic carbocycles. The Morgan fingerprint density at radius 3 is 2.58 bits per heavy atom. The van der Waals surface area contributed by atoms with Crippen molar-refractivity contribution in [1.82, 2.24) is 10.6 Å². The monoisotopic (exact) mass is 286 g/mol. The Hall–Kier alpha value is -0.350. The molecule has 0 aromatic heterocycles. The van der Waals surface area contributed by atoms with Crippen molar-refractivity contribution >= 4 is 17.3 Å². The van der Waals surface area contributed by atoms with Gasteiger partial charge in [-0.1, -0.05) is 27.2 Å². The molecule has 0 spiro atoms. The third-order valence-electron chi connectivity index (χ3n) is 4.13. The van der Waals surface area contributed by atoms with E-state index in [0.29, 0.717) is 18.6 Å². The van der Waals surface area contributed by atoms with E-state index in [9.17, 15) is 0 Å². The lowest BCUT2D eigenvalue weighted by molar-refractivity contribution is 0.175. The average Bonchev–Trinajstić information content (AvgIpc) is 2.28. The van der Waals surface area contributed by atoms with E-state index in [4.69, 9.17) is 17.0 Å². The van der Waals surface area contributed by atoms with Crippen molar-refractivity contribution in [3.63, 3.8) is 0 Å². The largest absolute Gasteiger partial charge is 0.383 e. The molecule has 0 amide bonds. The summed E-state index contributed by atoms with van der Waals surface area (Å²) in [4.78, 5) is 0. The first-order valence-corrected chi connectivity index (χ1v) is 7.90. The molecular weight excluding hydrogens is 256 g/mol. The van der Waals surface area contributed by atoms with Crippen molar-refractivity contribution in [2.24, 2.45) is 17.8 Å². The van der Waals surface area contributed by atoms with Crippen LogP contribution in [0.2, 0.25) is 0 Å². The minimum atomic E-state index is 0.253. The number of ether oxygens (including phenoxy) is 1. The molecule has 4 atom stereocenters. The van der Waals surface area contributed by atoms with Crippen LogP contribution >= 0.6 is 12.2 Å². The van der Waals surface area contributed by atoms with Gasteiger partial charge in [-0.05, 0) is 49.7 Å². The topological polar surface area (TPSA) is 33.3 Å². The summed E-state index contributed by atoms with van der Waals surface area (Å²) < 4.78 is 5.12. The molecule has 0 aromatic rings. The van der Waals surface area contributed by atoms with E-state index in [1.165, 1.54) is 19.3 Å². The van der Waals surface area contributed by atoms with Crippen molar-refractivity contribution in [3.8, 4) is 0 Å². The summed E-state index contributed by atoms with van der Waals surface area (Å²) in [5.74, 6) is 2.24. The molecule has 0 heterocycles. The molecule has 3 nitrogen and oxygen atoms in total. The molecule has 0 radical (unpaired) electrons. The van der Waals surface area contributed by atoms with Crippen LogP contribution in [0, 0.1) is 17.8 Å². The van der Waals surface area contributed by atoms with Gasteiger partial charge in [0.05, 0.1) is 6.61 Å². The minimum Gasteiger partial charge on any atom is -0.383 e. The predicted octanol–water partition coefficient (Wildman–Crippen LogP) is 2.95. The van der Waals surface area contributed by atoms with Crippen molar-refractivity contribution < 1.29 is 4.74 Å². The molecule has 0 aliphatic heterocycles. The lowest BCUT2D eigenvalue weighted by Crippen LogP contribution is -2.51. The van der Waals surface area contributed by atoms with Crippen LogP contribution in [0.25, 0.3) is 0 Å². The Kier molecular flexibility index (Phi) is 7.08. The maximum atomic E-state index is 5.43. The molecule has 4 heteroatoms. The van der Waals surface area contributed by atoms with Gasteiger partial charge in [0.25, 0.3) is 0 Å². The number of thiocarbonyl (C=S) groups is 1. The normalized spacial score (nSPS) is 29.1. The first-order chi connectivity index (χ1) is 8.93. The van der Waals surface area contributed by atoms with Crippen LogP contribution in [0.1, 0.15) is 47.0 Å². The van der Waals surface area contributed by atoms with Crippen LogP contribution in [0.5, 0.6) is 0 Å². The molecule has 1 rings (SSSR count). The molecule has 1 aliphatic rings. The van der Waals surface area contributed by atoms with Gasteiger partial charge in [0, 0.05) is 19.2 Å². The Bertz CT molecular complexity index is 283. The number of methoxy groups -OCH3 is 1. The van der Waals surface area contributed by atoms with Gasteiger partial charge in [-0.25, -0.2) is 0 Å². The van der Waals surface area contributed by atoms with Crippen LogP contribution in [0.3, 0.4) is 0 Å². The van der Waals surface area contributed by atoms with E-state index in [1.54, 1.807) is 7.11 Å². The fraction of sp³-hybridized carbons (Fsp3) is 0.933. The second-order valence-electron chi connectivity index (χ2n) is 6.41. The molecule has 1 fully saturated rings. The lowest BCUT2D eigenvalue weighted by atomic mass is 9.74. The van der Waals surface area contributed by atoms with Gasteiger partial charge in [-0.15, -0.1) is 0 Å². The van der Waals surface area contributed by atoms with Gasteiger partial charge in [0.2, 0.25) is 0 Å². The zero-order valence-corrected chi connectivity index (χ0v) is 13.8. The summed E-state index contributed by atoms with van der Waals surface area (Å²) in [6, 6.07) is 0.766. The Morgan fingerprint density at radius 2 is 2.00 bits per heavy atom. The first-order valence-electron chi connectivity index (χ1n) is 7.50. The molecule has 1 unspecified atom stereocenters. The van der Waals surface area contributed by atoms with Crippen LogP contribution < -0.4 is 10.6 Å². The van der Waals surface area contributed by atoms with Crippen LogP contribution in [0.15, 0.2) is 0 Å². The molecule has 19 heavy (non-hydrogen) atoms. The number of rotatable bonds is 5. The maximum absolute atomic E-state index is 5.43. The zero-order chi connectivity index (χ0) is 14.4. The molecule has 0 aromatic carbocycles. The quantitative estimate of drug-likeness (QED) is 0.761. The molecule has 2 N–H and O–H groups in total. The minimum absolute atomic E-state index is 0.253. The summed E-state index contributed by atoms with van der Waals surface area (Å²) in [5, 5.41) is 7.61. The van der Waals surface area contributed by atoms with E-state index in [0.717, 1.165) is 16.9 Å². The van der Waals surface area contributed by atoms with E-state index in [1.807, 2.05) is 0 Å². The third-order valence-corrected chi connectivity index (χ3v) is 4.37. The molecule has 112 valence electrons. The second kappa shape index (κ2) is 8.05. The summed E-state index contributed by atoms with van der Waals surface area (Å²) in [6.45, 7) is 9.74. The maximum Gasteiger partial charge on any atom is 0.166 e. The average molecular weight is 286 g/mol. The van der Waals surface area contributed by atoms with E-state index < -0.39 is 0 Å². The van der Waals surface area contributed by atoms with Crippen LogP contribution in [0.4, 0.5) is 0 Å². The number of nitrogens with one attached hydrogen (secondary N) is 2. The van der Waals surface area contributed by atoms with E-state index in [2.05, 4.69) is 38.3 Å². The number of hydrogen-bond donors (Lipinski definition) is 2. The Morgan fingerprint density at radius 1 is 1.32 bits per heavy atom. The predicted molar refractivity (Wildman–Crippen MR) is 85.3 cm³/mol. The van der Waals surface area contributed by atoms with Crippen LogP contribution in [-0.4, -0.2) is 30.9 Å². The summed E-state index contributed by atoms with van der Waals surface area (Å²) >= 11 is 5.43. The van der Waals surface area contributed by atoms with Crippen molar-refractivity contribution in [2.75, 3.05) is 13.7 Å². The van der Waals surface area contributed by atoms with Crippen LogP contribution in [-0.2, 0) is 4.74 Å². The fourth-order valence-electron chi connectivity index (χ4n) is 3.09. The lowest BCUT2D eigenvalue weighted by Gasteiger charge is -2.38. The fourth-order valence-corrected chi connectivity index (χ4v) is 3.45. The summed E-state index contributed by atoms with van der Waals surface area (Å²) in [7, 11) is 1.71. The van der Waals surface area contributed by atoms with Crippen molar-refractivity contribution in [1.29, 1.82) is 0 Å². The summed E-state index contributed by atoms with van der Waals surface area (Å²) in [5.41, 5.74) is 0. The van der Waals surface area contributed by atoms with Gasteiger partial charge in [-0.2, -0.15) is 0 Å². The van der Waals surface area contributed by atoms with Gasteiger partial charge in [0.15, 0.2) is 5.11 Å². The SMILES string of the molecule is COCC(C)NC(=S)N[C@H]1C[C@H](C)CC[C@H]1C(C)C. The van der Waals surface area contributed by atoms with Crippen molar-refractivity contribution in [3.05, 3.63) is 0 Å². The molecule has 0 bridgehead atoms. The smallest absolute Gasteiger partial charge is 0.166 e. The van der Waals surface area contributed by atoms with E-state index in [-0.39, 0.29) is 6.04 Å². The van der Waals surface area contributed by atoms with Gasteiger partial charge in [-0.3, -0.25) is 0 Å². The first kappa shape index (κ1) is 16.7. The molecule has 0 saturated heterocycles. The van der Waals surface area contributed by atoms with Gasteiger partial charge < -0.3 is 15.4 Å². The highest BCUT2D eigenvalue weighted by molar-refractivity contribution is 7.80. The summed E-state index contributed by atoms with van der Waals surface area (Å²) in [6.07, 6.45) is 3.89. The highest BCUT2D eigenvalue weighted by Crippen LogP contribution is 2.33. The van der Waals surface area contributed by atoms with Gasteiger partial charge in [0.1, 0.15) is 0 Å². The van der Waals surface area contributed by atoms with E-state index >= 15 is 0 Å². The molecule has 1 saturated carbocycles. The highest BCUT2D eigenvalue weighted by Gasteiger charge is 2.31. The Balaban J connectivity index is 2.49. The molecular formula is C15H30N2OS. The highest BCUT2D eigenvalue weighted by atomic mass is 32.1.